The average molecular weight is 235 g/mol. The van der Waals surface area contributed by atoms with Crippen LogP contribution in [0.3, 0.4) is 0 Å². The van der Waals surface area contributed by atoms with E-state index < -0.39 is 0 Å². The summed E-state index contributed by atoms with van der Waals surface area (Å²) < 4.78 is 0. The lowest BCUT2D eigenvalue weighted by molar-refractivity contribution is 0.194. The molecular formula is C14H25N3. The van der Waals surface area contributed by atoms with Crippen molar-refractivity contribution in [3.63, 3.8) is 0 Å². The van der Waals surface area contributed by atoms with Crippen LogP contribution in [0.1, 0.15) is 58.8 Å². The number of aliphatic imine (C=N–C) groups is 1. The molecule has 0 aromatic rings. The van der Waals surface area contributed by atoms with E-state index in [1.165, 1.54) is 38.5 Å². The van der Waals surface area contributed by atoms with Crippen molar-refractivity contribution in [1.29, 1.82) is 0 Å². The van der Waals surface area contributed by atoms with E-state index in [2.05, 4.69) is 29.0 Å². The van der Waals surface area contributed by atoms with Gasteiger partial charge >= 0.3 is 0 Å². The van der Waals surface area contributed by atoms with Gasteiger partial charge in [-0.2, -0.15) is 5.10 Å². The van der Waals surface area contributed by atoms with Gasteiger partial charge in [0.05, 0.1) is 6.21 Å². The number of hydrogen-bond donors (Lipinski definition) is 0. The minimum Gasteiger partial charge on any atom is -0.273 e. The molecule has 96 valence electrons. The summed E-state index contributed by atoms with van der Waals surface area (Å²) >= 11 is 0. The highest BCUT2D eigenvalue weighted by Crippen LogP contribution is 2.31. The van der Waals surface area contributed by atoms with Gasteiger partial charge in [0.15, 0.2) is 0 Å². The summed E-state index contributed by atoms with van der Waals surface area (Å²) in [5.74, 6) is 0. The van der Waals surface area contributed by atoms with Crippen molar-refractivity contribution in [1.82, 2.24) is 5.01 Å². The van der Waals surface area contributed by atoms with Crippen molar-refractivity contribution in [2.24, 2.45) is 15.5 Å². The Balaban J connectivity index is 1.94. The zero-order valence-corrected chi connectivity index (χ0v) is 11.2. The molecule has 1 saturated heterocycles. The third kappa shape index (κ3) is 3.83. The minimum atomic E-state index is 0.307. The van der Waals surface area contributed by atoms with Crippen molar-refractivity contribution in [2.45, 2.75) is 65.0 Å². The number of nitrogens with zero attached hydrogens (tertiary/aromatic N) is 3. The molecule has 3 nitrogen and oxygen atoms in total. The molecule has 2 aliphatic heterocycles. The van der Waals surface area contributed by atoms with Crippen LogP contribution in [0.4, 0.5) is 0 Å². The smallest absolute Gasteiger partial charge is 0.136 e. The Labute approximate surface area is 105 Å². The first-order valence-electron chi connectivity index (χ1n) is 7.00. The molecule has 2 rings (SSSR count). The van der Waals surface area contributed by atoms with Crippen molar-refractivity contribution < 1.29 is 0 Å². The molecule has 0 aromatic carbocycles. The standard InChI is InChI=1S/C14H25N3/c1-14(2)8-4-3-7-13-15-10-11-16-17(13)12-6-5-9-14/h10-11,13H,3-9,12H2,1-2H3. The first kappa shape index (κ1) is 12.6. The first-order valence-corrected chi connectivity index (χ1v) is 7.00. The van der Waals surface area contributed by atoms with Crippen molar-refractivity contribution >= 4 is 12.4 Å². The monoisotopic (exact) mass is 235 g/mol. The Morgan fingerprint density at radius 2 is 1.82 bits per heavy atom. The topological polar surface area (TPSA) is 28.0 Å². The zero-order chi connectivity index (χ0) is 12.1. The lowest BCUT2D eigenvalue weighted by Gasteiger charge is -2.27. The second-order valence-electron chi connectivity index (χ2n) is 6.07. The van der Waals surface area contributed by atoms with Gasteiger partial charge in [-0.1, -0.05) is 26.7 Å². The van der Waals surface area contributed by atoms with Crippen LogP contribution in [0, 0.1) is 5.41 Å². The molecule has 2 aliphatic rings. The molecule has 0 aromatic heterocycles. The fourth-order valence-corrected chi connectivity index (χ4v) is 2.77. The van der Waals surface area contributed by atoms with Crippen molar-refractivity contribution in [2.75, 3.05) is 6.54 Å². The predicted molar refractivity (Wildman–Crippen MR) is 73.6 cm³/mol. The van der Waals surface area contributed by atoms with Gasteiger partial charge < -0.3 is 0 Å². The maximum absolute atomic E-state index is 4.54. The number of fused-ring (bicyclic) bond motifs is 1. The van der Waals surface area contributed by atoms with E-state index in [1.807, 2.05) is 12.4 Å². The highest BCUT2D eigenvalue weighted by Gasteiger charge is 2.21. The summed E-state index contributed by atoms with van der Waals surface area (Å²) in [6, 6.07) is 0. The summed E-state index contributed by atoms with van der Waals surface area (Å²) in [5.41, 5.74) is 0.525. The Hall–Kier alpha value is -0.860. The Bertz CT molecular complexity index is 266. The van der Waals surface area contributed by atoms with Crippen LogP contribution in [0.25, 0.3) is 0 Å². The molecule has 1 fully saturated rings. The largest absolute Gasteiger partial charge is 0.273 e. The molecule has 0 saturated carbocycles. The van der Waals surface area contributed by atoms with Crippen LogP contribution in [0.15, 0.2) is 10.1 Å². The molecule has 1 atom stereocenters. The van der Waals surface area contributed by atoms with Gasteiger partial charge in [-0.3, -0.25) is 10.0 Å². The molecule has 0 amide bonds. The van der Waals surface area contributed by atoms with E-state index in [9.17, 15) is 0 Å². The molecule has 1 unspecified atom stereocenters. The molecule has 2 heterocycles. The van der Waals surface area contributed by atoms with E-state index >= 15 is 0 Å². The van der Waals surface area contributed by atoms with Gasteiger partial charge in [-0.05, 0) is 37.5 Å². The average Bonchev–Trinajstić information content (AvgIpc) is 2.34. The van der Waals surface area contributed by atoms with Gasteiger partial charge in [0.2, 0.25) is 0 Å². The SMILES string of the molecule is CC1(C)CCCCC2N=CC=NN2CCCC1. The summed E-state index contributed by atoms with van der Waals surface area (Å²) in [7, 11) is 0. The Morgan fingerprint density at radius 3 is 2.65 bits per heavy atom. The van der Waals surface area contributed by atoms with Crippen molar-refractivity contribution in [3.8, 4) is 0 Å². The minimum absolute atomic E-state index is 0.307. The molecule has 17 heavy (non-hydrogen) atoms. The van der Waals surface area contributed by atoms with E-state index in [1.54, 1.807) is 0 Å². The molecule has 3 heteroatoms. The fraction of sp³-hybridized carbons (Fsp3) is 0.857. The predicted octanol–water partition coefficient (Wildman–Crippen LogP) is 3.46. The lowest BCUT2D eigenvalue weighted by atomic mass is 9.82. The molecule has 0 N–H and O–H groups in total. The summed E-state index contributed by atoms with van der Waals surface area (Å²) in [5, 5.41) is 6.63. The van der Waals surface area contributed by atoms with Crippen LogP contribution in [-0.4, -0.2) is 30.1 Å². The van der Waals surface area contributed by atoms with Crippen LogP contribution in [-0.2, 0) is 0 Å². The molecule has 0 radical (unpaired) electrons. The number of hydrogen-bond acceptors (Lipinski definition) is 3. The number of hydrazone groups is 1. The fourth-order valence-electron chi connectivity index (χ4n) is 2.77. The molecule has 0 spiro atoms. The first-order chi connectivity index (χ1) is 8.17. The van der Waals surface area contributed by atoms with Gasteiger partial charge in [0.25, 0.3) is 0 Å². The van der Waals surface area contributed by atoms with E-state index in [-0.39, 0.29) is 0 Å². The van der Waals surface area contributed by atoms with E-state index in [0.29, 0.717) is 11.6 Å². The van der Waals surface area contributed by atoms with Crippen LogP contribution >= 0.6 is 0 Å². The van der Waals surface area contributed by atoms with Crippen molar-refractivity contribution in [3.05, 3.63) is 0 Å². The normalized spacial score (nSPS) is 29.5. The second kappa shape index (κ2) is 5.65. The highest BCUT2D eigenvalue weighted by molar-refractivity contribution is 6.16. The Kier molecular flexibility index (Phi) is 4.19. The van der Waals surface area contributed by atoms with Gasteiger partial charge in [-0.15, -0.1) is 0 Å². The summed E-state index contributed by atoms with van der Waals surface area (Å²) in [6.07, 6.45) is 13.0. The third-order valence-electron chi connectivity index (χ3n) is 3.94. The van der Waals surface area contributed by atoms with E-state index in [4.69, 9.17) is 0 Å². The highest BCUT2D eigenvalue weighted by atomic mass is 15.5. The van der Waals surface area contributed by atoms with Crippen LogP contribution in [0.5, 0.6) is 0 Å². The molecule has 0 bridgehead atoms. The maximum Gasteiger partial charge on any atom is 0.136 e. The quantitative estimate of drug-likeness (QED) is 0.632. The summed E-state index contributed by atoms with van der Waals surface area (Å²) in [4.78, 5) is 4.54. The third-order valence-corrected chi connectivity index (χ3v) is 3.94. The van der Waals surface area contributed by atoms with Gasteiger partial charge in [-0.25, -0.2) is 0 Å². The lowest BCUT2D eigenvalue weighted by Crippen LogP contribution is -2.32. The molecule has 0 aliphatic carbocycles. The van der Waals surface area contributed by atoms with Crippen LogP contribution in [0.2, 0.25) is 0 Å². The second-order valence-corrected chi connectivity index (χ2v) is 6.07. The summed E-state index contributed by atoms with van der Waals surface area (Å²) in [6.45, 7) is 5.89. The van der Waals surface area contributed by atoms with E-state index in [0.717, 1.165) is 13.0 Å². The number of rotatable bonds is 0. The van der Waals surface area contributed by atoms with Crippen LogP contribution < -0.4 is 0 Å². The zero-order valence-electron chi connectivity index (χ0n) is 11.2. The Morgan fingerprint density at radius 1 is 1.06 bits per heavy atom. The maximum atomic E-state index is 4.54. The van der Waals surface area contributed by atoms with Gasteiger partial charge in [0, 0.05) is 12.8 Å². The molecular weight excluding hydrogens is 210 g/mol. The van der Waals surface area contributed by atoms with Gasteiger partial charge in [0.1, 0.15) is 6.17 Å².